The second kappa shape index (κ2) is 3.74. The van der Waals surface area contributed by atoms with Gasteiger partial charge >= 0.3 is 0 Å². The second-order valence-electron chi connectivity index (χ2n) is 3.17. The summed E-state index contributed by atoms with van der Waals surface area (Å²) in [6.07, 6.45) is 1.13. The van der Waals surface area contributed by atoms with Crippen LogP contribution in [0.2, 0.25) is 0 Å². The highest BCUT2D eigenvalue weighted by Gasteiger charge is 2.08. The van der Waals surface area contributed by atoms with E-state index in [0.717, 1.165) is 16.5 Å². The Morgan fingerprint density at radius 2 is 2.14 bits per heavy atom. The first-order valence-corrected chi connectivity index (χ1v) is 4.54. The van der Waals surface area contributed by atoms with Crippen LogP contribution in [0.25, 0.3) is 10.9 Å². The summed E-state index contributed by atoms with van der Waals surface area (Å²) in [7, 11) is 0. The smallest absolute Gasteiger partial charge is 0.0918 e. The van der Waals surface area contributed by atoms with Crippen molar-refractivity contribution in [2.45, 2.75) is 6.10 Å². The number of hydrogen-bond donors (Lipinski definition) is 2. The lowest BCUT2D eigenvalue weighted by Gasteiger charge is -2.10. The second-order valence-corrected chi connectivity index (χ2v) is 3.17. The molecule has 0 radical (unpaired) electrons. The van der Waals surface area contributed by atoms with Gasteiger partial charge in [0.05, 0.1) is 11.6 Å². The van der Waals surface area contributed by atoms with Gasteiger partial charge in [0, 0.05) is 18.1 Å². The van der Waals surface area contributed by atoms with Crippen LogP contribution in [0.4, 0.5) is 0 Å². The summed E-state index contributed by atoms with van der Waals surface area (Å²) in [5.41, 5.74) is 7.16. The minimum absolute atomic E-state index is 0.230. The topological polar surface area (TPSA) is 59.1 Å². The molecule has 1 heterocycles. The number of benzene rings is 1. The summed E-state index contributed by atoms with van der Waals surface area (Å²) < 4.78 is 0. The fraction of sp³-hybridized carbons (Fsp3) is 0.182. The Balaban J connectivity index is 2.65. The molecular weight excluding hydrogens is 176 g/mol. The highest BCUT2D eigenvalue weighted by atomic mass is 16.3. The lowest BCUT2D eigenvalue weighted by atomic mass is 10.0. The molecular formula is C11H12N2O. The number of aliphatic hydroxyl groups is 1. The van der Waals surface area contributed by atoms with Gasteiger partial charge in [0.15, 0.2) is 0 Å². The number of hydrogen-bond acceptors (Lipinski definition) is 3. The summed E-state index contributed by atoms with van der Waals surface area (Å²) >= 11 is 0. The Kier molecular flexibility index (Phi) is 2.43. The molecule has 1 atom stereocenters. The van der Waals surface area contributed by atoms with Gasteiger partial charge in [0.2, 0.25) is 0 Å². The van der Waals surface area contributed by atoms with Crippen molar-refractivity contribution in [3.8, 4) is 0 Å². The summed E-state index contributed by atoms with van der Waals surface area (Å²) in [5.74, 6) is 0. The highest BCUT2D eigenvalue weighted by Crippen LogP contribution is 2.21. The van der Waals surface area contributed by atoms with Gasteiger partial charge in [-0.2, -0.15) is 0 Å². The maximum Gasteiger partial charge on any atom is 0.0918 e. The first-order chi connectivity index (χ1) is 6.83. The van der Waals surface area contributed by atoms with Crippen LogP contribution in [0.1, 0.15) is 11.7 Å². The van der Waals surface area contributed by atoms with Crippen molar-refractivity contribution in [1.82, 2.24) is 4.98 Å². The summed E-state index contributed by atoms with van der Waals surface area (Å²) in [5, 5.41) is 10.6. The molecule has 0 spiro atoms. The number of pyridine rings is 1. The van der Waals surface area contributed by atoms with Crippen molar-refractivity contribution in [3.05, 3.63) is 42.1 Å². The lowest BCUT2D eigenvalue weighted by molar-refractivity contribution is 0.188. The Morgan fingerprint density at radius 1 is 1.29 bits per heavy atom. The molecule has 3 N–H and O–H groups in total. The standard InChI is InChI=1S/C11H12N2O/c12-7-11(14)9-3-1-5-10-8(9)4-2-6-13-10/h1-6,11,14H,7,12H2. The van der Waals surface area contributed by atoms with E-state index in [0.29, 0.717) is 0 Å². The van der Waals surface area contributed by atoms with Crippen molar-refractivity contribution in [3.63, 3.8) is 0 Å². The third-order valence-electron chi connectivity index (χ3n) is 2.26. The van der Waals surface area contributed by atoms with Crippen LogP contribution in [0.5, 0.6) is 0 Å². The molecule has 3 heteroatoms. The molecule has 14 heavy (non-hydrogen) atoms. The molecule has 0 amide bonds. The van der Waals surface area contributed by atoms with Crippen molar-refractivity contribution in [2.24, 2.45) is 5.73 Å². The number of nitrogens with zero attached hydrogens (tertiary/aromatic N) is 1. The van der Waals surface area contributed by atoms with Gasteiger partial charge < -0.3 is 10.8 Å². The number of fused-ring (bicyclic) bond motifs is 1. The third kappa shape index (κ3) is 1.47. The largest absolute Gasteiger partial charge is 0.387 e. The van der Waals surface area contributed by atoms with Gasteiger partial charge in [-0.3, -0.25) is 4.98 Å². The van der Waals surface area contributed by atoms with Crippen molar-refractivity contribution in [1.29, 1.82) is 0 Å². The SMILES string of the molecule is NCC(O)c1cccc2ncccc12. The molecule has 1 aromatic carbocycles. The van der Waals surface area contributed by atoms with Gasteiger partial charge in [0.1, 0.15) is 0 Å². The summed E-state index contributed by atoms with van der Waals surface area (Å²) in [6.45, 7) is 0.230. The predicted octanol–water partition coefficient (Wildman–Crippen LogP) is 1.23. The molecule has 0 aliphatic carbocycles. The molecule has 0 aliphatic heterocycles. The number of nitrogens with two attached hydrogens (primary N) is 1. The van der Waals surface area contributed by atoms with E-state index in [1.807, 2.05) is 30.3 Å². The predicted molar refractivity (Wildman–Crippen MR) is 55.8 cm³/mol. The maximum absolute atomic E-state index is 9.67. The average molecular weight is 188 g/mol. The van der Waals surface area contributed by atoms with E-state index in [9.17, 15) is 5.11 Å². The van der Waals surface area contributed by atoms with Crippen molar-refractivity contribution < 1.29 is 5.11 Å². The Morgan fingerprint density at radius 3 is 2.93 bits per heavy atom. The van der Waals surface area contributed by atoms with E-state index in [4.69, 9.17) is 5.73 Å². The van der Waals surface area contributed by atoms with E-state index in [-0.39, 0.29) is 6.54 Å². The van der Waals surface area contributed by atoms with Crippen molar-refractivity contribution >= 4 is 10.9 Å². The molecule has 0 aliphatic rings. The van der Waals surface area contributed by atoms with Crippen LogP contribution in [-0.2, 0) is 0 Å². The number of rotatable bonds is 2. The average Bonchev–Trinajstić information content (AvgIpc) is 2.27. The summed E-state index contributed by atoms with van der Waals surface area (Å²) in [6, 6.07) is 9.47. The Labute approximate surface area is 82.2 Å². The van der Waals surface area contributed by atoms with Crippen molar-refractivity contribution in [2.75, 3.05) is 6.54 Å². The minimum atomic E-state index is -0.608. The van der Waals surface area contributed by atoms with E-state index < -0.39 is 6.10 Å². The Bertz CT molecular complexity index is 437. The molecule has 2 aromatic rings. The van der Waals surface area contributed by atoms with Crippen LogP contribution in [-0.4, -0.2) is 16.6 Å². The fourth-order valence-corrected chi connectivity index (χ4v) is 1.54. The molecule has 0 saturated heterocycles. The van der Waals surface area contributed by atoms with Crippen LogP contribution >= 0.6 is 0 Å². The molecule has 72 valence electrons. The quantitative estimate of drug-likeness (QED) is 0.745. The molecule has 0 fully saturated rings. The third-order valence-corrected chi connectivity index (χ3v) is 2.26. The van der Waals surface area contributed by atoms with E-state index in [1.54, 1.807) is 6.20 Å². The van der Waals surface area contributed by atoms with E-state index in [1.165, 1.54) is 0 Å². The molecule has 1 unspecified atom stereocenters. The molecule has 0 saturated carbocycles. The fourth-order valence-electron chi connectivity index (χ4n) is 1.54. The molecule has 1 aromatic heterocycles. The maximum atomic E-state index is 9.67. The molecule has 2 rings (SSSR count). The zero-order valence-corrected chi connectivity index (χ0v) is 7.72. The first kappa shape index (κ1) is 9.12. The van der Waals surface area contributed by atoms with Gasteiger partial charge in [-0.25, -0.2) is 0 Å². The number of aromatic nitrogens is 1. The van der Waals surface area contributed by atoms with Crippen LogP contribution in [0, 0.1) is 0 Å². The molecule has 3 nitrogen and oxygen atoms in total. The zero-order chi connectivity index (χ0) is 9.97. The van der Waals surface area contributed by atoms with Gasteiger partial charge in [-0.15, -0.1) is 0 Å². The van der Waals surface area contributed by atoms with Crippen LogP contribution in [0.15, 0.2) is 36.5 Å². The zero-order valence-electron chi connectivity index (χ0n) is 7.72. The Hall–Kier alpha value is -1.45. The number of aliphatic hydroxyl groups excluding tert-OH is 1. The lowest BCUT2D eigenvalue weighted by Crippen LogP contribution is -2.11. The van der Waals surface area contributed by atoms with Gasteiger partial charge in [0.25, 0.3) is 0 Å². The molecule has 0 bridgehead atoms. The van der Waals surface area contributed by atoms with Crippen LogP contribution in [0.3, 0.4) is 0 Å². The van der Waals surface area contributed by atoms with E-state index >= 15 is 0 Å². The highest BCUT2D eigenvalue weighted by molar-refractivity contribution is 5.82. The minimum Gasteiger partial charge on any atom is -0.387 e. The monoisotopic (exact) mass is 188 g/mol. The normalized spacial score (nSPS) is 13.0. The van der Waals surface area contributed by atoms with Gasteiger partial charge in [-0.1, -0.05) is 18.2 Å². The first-order valence-electron chi connectivity index (χ1n) is 4.54. The van der Waals surface area contributed by atoms with E-state index in [2.05, 4.69) is 4.98 Å². The van der Waals surface area contributed by atoms with Gasteiger partial charge in [-0.05, 0) is 17.7 Å². The van der Waals surface area contributed by atoms with Crippen LogP contribution < -0.4 is 5.73 Å². The summed E-state index contributed by atoms with van der Waals surface area (Å²) in [4.78, 5) is 4.21.